The summed E-state index contributed by atoms with van der Waals surface area (Å²) in [6.45, 7) is 4.31. The zero-order valence-corrected chi connectivity index (χ0v) is 21.3. The van der Waals surface area contributed by atoms with Gasteiger partial charge in [0.2, 0.25) is 11.8 Å². The first-order valence-corrected chi connectivity index (χ1v) is 12.3. The van der Waals surface area contributed by atoms with Gasteiger partial charge in [-0.1, -0.05) is 6.07 Å². The molecule has 1 aliphatic heterocycles. The number of piperidine rings is 1. The Morgan fingerprint density at radius 2 is 2.00 bits per heavy atom. The molecule has 0 atom stereocenters. The van der Waals surface area contributed by atoms with Crippen molar-refractivity contribution in [2.75, 3.05) is 49.7 Å². The minimum atomic E-state index is -0.292. The normalized spacial score (nSPS) is 14.0. The van der Waals surface area contributed by atoms with Crippen LogP contribution in [-0.4, -0.2) is 71.8 Å². The van der Waals surface area contributed by atoms with Crippen molar-refractivity contribution in [3.05, 3.63) is 53.7 Å². The number of benzene rings is 1. The molecule has 0 unspecified atom stereocenters. The highest BCUT2D eigenvalue weighted by Gasteiger charge is 2.19. The Hall–Kier alpha value is -4.25. The van der Waals surface area contributed by atoms with Crippen LogP contribution in [0.25, 0.3) is 0 Å². The average molecular weight is 504 g/mol. The molecule has 1 saturated heterocycles. The van der Waals surface area contributed by atoms with Crippen LogP contribution in [0.4, 0.5) is 29.0 Å². The number of aromatic nitrogens is 3. The molecule has 194 valence electrons. The van der Waals surface area contributed by atoms with E-state index in [0.29, 0.717) is 41.3 Å². The summed E-state index contributed by atoms with van der Waals surface area (Å²) in [4.78, 5) is 28.5. The third-order valence-corrected chi connectivity index (χ3v) is 6.03. The number of hydrogen-bond acceptors (Lipinski definition) is 10. The molecule has 4 rings (SSSR count). The SMILES string of the molecule is CCNC(=O)c1cnc(Nc2ccc(NC)c(C=N)c2)nc1Nc1cccc(OC2CCN(C)CC2)n1. The Bertz CT molecular complexity index is 1240. The molecule has 1 aliphatic rings. The fourth-order valence-corrected chi connectivity index (χ4v) is 4.02. The molecular weight excluding hydrogens is 470 g/mol. The summed E-state index contributed by atoms with van der Waals surface area (Å²) < 4.78 is 6.12. The molecule has 0 spiro atoms. The highest BCUT2D eigenvalue weighted by Crippen LogP contribution is 2.25. The molecule has 11 heteroatoms. The molecule has 0 bridgehead atoms. The number of ether oxygens (including phenoxy) is 1. The van der Waals surface area contributed by atoms with E-state index in [4.69, 9.17) is 10.1 Å². The minimum absolute atomic E-state index is 0.125. The van der Waals surface area contributed by atoms with E-state index in [1.165, 1.54) is 12.4 Å². The van der Waals surface area contributed by atoms with Crippen molar-refractivity contribution in [2.24, 2.45) is 0 Å². The third kappa shape index (κ3) is 6.70. The Morgan fingerprint density at radius 1 is 1.19 bits per heavy atom. The van der Waals surface area contributed by atoms with Crippen LogP contribution in [0.3, 0.4) is 0 Å². The third-order valence-electron chi connectivity index (χ3n) is 6.03. The molecule has 0 saturated carbocycles. The van der Waals surface area contributed by atoms with Crippen LogP contribution in [0.2, 0.25) is 0 Å². The van der Waals surface area contributed by atoms with Crippen molar-refractivity contribution in [3.8, 4) is 5.88 Å². The van der Waals surface area contributed by atoms with E-state index in [2.05, 4.69) is 48.2 Å². The summed E-state index contributed by atoms with van der Waals surface area (Å²) in [5.41, 5.74) is 2.56. The molecule has 37 heavy (non-hydrogen) atoms. The average Bonchev–Trinajstić information content (AvgIpc) is 2.90. The van der Waals surface area contributed by atoms with E-state index < -0.39 is 0 Å². The van der Waals surface area contributed by atoms with Gasteiger partial charge in [0.25, 0.3) is 5.91 Å². The summed E-state index contributed by atoms with van der Waals surface area (Å²) in [6, 6.07) is 11.0. The van der Waals surface area contributed by atoms with Crippen LogP contribution in [0.1, 0.15) is 35.7 Å². The minimum Gasteiger partial charge on any atom is -0.474 e. The summed E-state index contributed by atoms with van der Waals surface area (Å²) in [5.74, 6) is 1.34. The molecule has 0 radical (unpaired) electrons. The van der Waals surface area contributed by atoms with Crippen molar-refractivity contribution in [2.45, 2.75) is 25.9 Å². The van der Waals surface area contributed by atoms with Gasteiger partial charge in [-0.2, -0.15) is 9.97 Å². The number of amides is 1. The van der Waals surface area contributed by atoms with Gasteiger partial charge in [0.05, 0.1) is 0 Å². The van der Waals surface area contributed by atoms with E-state index in [1.807, 2.05) is 37.3 Å². The predicted molar refractivity (Wildman–Crippen MR) is 146 cm³/mol. The van der Waals surface area contributed by atoms with Gasteiger partial charge in [-0.3, -0.25) is 4.79 Å². The predicted octanol–water partition coefficient (Wildman–Crippen LogP) is 3.62. The van der Waals surface area contributed by atoms with Crippen LogP contribution in [0, 0.1) is 5.41 Å². The molecule has 3 heterocycles. The zero-order valence-electron chi connectivity index (χ0n) is 21.3. The summed E-state index contributed by atoms with van der Waals surface area (Å²) in [6.07, 6.45) is 4.77. The van der Waals surface area contributed by atoms with Crippen LogP contribution >= 0.6 is 0 Å². The lowest BCUT2D eigenvalue weighted by molar-refractivity contribution is 0.0956. The number of carbonyl (C=O) groups excluding carboxylic acids is 1. The Morgan fingerprint density at radius 3 is 2.73 bits per heavy atom. The van der Waals surface area contributed by atoms with Gasteiger partial charge in [0.15, 0.2) is 0 Å². The Labute approximate surface area is 216 Å². The van der Waals surface area contributed by atoms with Gasteiger partial charge >= 0.3 is 0 Å². The molecule has 1 amide bonds. The largest absolute Gasteiger partial charge is 0.474 e. The first-order chi connectivity index (χ1) is 18.0. The standard InChI is InChI=1S/C26H33N9O2/c1-4-29-25(36)20-16-30-26(31-18-8-9-21(28-2)17(14-18)15-27)34-24(20)33-22-6-5-7-23(32-22)37-19-10-12-35(3)13-11-19/h5-9,14-16,19,27-28H,4,10-13H2,1-3H3,(H,29,36)(H2,30,31,32,33,34). The number of likely N-dealkylation sites (tertiary alicyclic amines) is 1. The molecule has 11 nitrogen and oxygen atoms in total. The van der Waals surface area contributed by atoms with E-state index in [1.54, 1.807) is 13.1 Å². The van der Waals surface area contributed by atoms with Gasteiger partial charge in [-0.05, 0) is 51.1 Å². The lowest BCUT2D eigenvalue weighted by Crippen LogP contribution is -2.35. The highest BCUT2D eigenvalue weighted by atomic mass is 16.5. The zero-order chi connectivity index (χ0) is 26.2. The molecule has 1 fully saturated rings. The second kappa shape index (κ2) is 12.1. The van der Waals surface area contributed by atoms with Gasteiger partial charge in [0, 0.05) is 62.1 Å². The van der Waals surface area contributed by atoms with Crippen LogP contribution in [-0.2, 0) is 0 Å². The lowest BCUT2D eigenvalue weighted by atomic mass is 10.1. The second-order valence-corrected chi connectivity index (χ2v) is 8.74. The quantitative estimate of drug-likeness (QED) is 0.262. The van der Waals surface area contributed by atoms with Crippen LogP contribution in [0.15, 0.2) is 42.6 Å². The number of pyridine rings is 1. The first kappa shape index (κ1) is 25.8. The fraction of sp³-hybridized carbons (Fsp3) is 0.346. The monoisotopic (exact) mass is 503 g/mol. The van der Waals surface area contributed by atoms with E-state index in [-0.39, 0.29) is 12.0 Å². The fourth-order valence-electron chi connectivity index (χ4n) is 4.02. The number of hydrogen-bond donors (Lipinski definition) is 5. The number of nitrogens with zero attached hydrogens (tertiary/aromatic N) is 4. The smallest absolute Gasteiger partial charge is 0.256 e. The van der Waals surface area contributed by atoms with E-state index >= 15 is 0 Å². The summed E-state index contributed by atoms with van der Waals surface area (Å²) in [7, 11) is 3.92. The van der Waals surface area contributed by atoms with Crippen molar-refractivity contribution < 1.29 is 9.53 Å². The van der Waals surface area contributed by atoms with Crippen molar-refractivity contribution in [3.63, 3.8) is 0 Å². The number of rotatable bonds is 10. The molecule has 2 aromatic heterocycles. The topological polar surface area (TPSA) is 140 Å². The number of carbonyl (C=O) groups is 1. The van der Waals surface area contributed by atoms with Gasteiger partial charge in [-0.25, -0.2) is 4.98 Å². The molecule has 0 aliphatic carbocycles. The summed E-state index contributed by atoms with van der Waals surface area (Å²) in [5, 5.41) is 19.8. The van der Waals surface area contributed by atoms with Crippen molar-refractivity contribution in [1.82, 2.24) is 25.2 Å². The van der Waals surface area contributed by atoms with E-state index in [9.17, 15) is 4.79 Å². The van der Waals surface area contributed by atoms with Crippen molar-refractivity contribution in [1.29, 1.82) is 5.41 Å². The molecule has 5 N–H and O–H groups in total. The highest BCUT2D eigenvalue weighted by molar-refractivity contribution is 5.99. The Balaban J connectivity index is 1.57. The van der Waals surface area contributed by atoms with Crippen LogP contribution < -0.4 is 26.0 Å². The van der Waals surface area contributed by atoms with Gasteiger partial charge in [0.1, 0.15) is 23.3 Å². The maximum Gasteiger partial charge on any atom is 0.256 e. The van der Waals surface area contributed by atoms with Gasteiger partial charge < -0.3 is 36.3 Å². The van der Waals surface area contributed by atoms with Crippen LogP contribution in [0.5, 0.6) is 5.88 Å². The molecule has 1 aromatic carbocycles. The maximum atomic E-state index is 12.7. The Kier molecular flexibility index (Phi) is 8.47. The maximum absolute atomic E-state index is 12.7. The number of anilines is 5. The lowest BCUT2D eigenvalue weighted by Gasteiger charge is -2.29. The first-order valence-electron chi connectivity index (χ1n) is 12.3. The van der Waals surface area contributed by atoms with E-state index in [0.717, 1.165) is 37.2 Å². The molecular formula is C26H33N9O2. The number of nitrogens with one attached hydrogen (secondary N) is 5. The van der Waals surface area contributed by atoms with Crippen molar-refractivity contribution >= 4 is 41.1 Å². The van der Waals surface area contributed by atoms with Gasteiger partial charge in [-0.15, -0.1) is 0 Å². The second-order valence-electron chi connectivity index (χ2n) is 8.74. The summed E-state index contributed by atoms with van der Waals surface area (Å²) >= 11 is 0. The molecule has 3 aromatic rings.